The molecule has 19 heavy (non-hydrogen) atoms. The molecule has 104 valence electrons. The highest BCUT2D eigenvalue weighted by Gasteiger charge is 2.60. The maximum atomic E-state index is 12.4. The summed E-state index contributed by atoms with van der Waals surface area (Å²) in [7, 11) is 0. The van der Waals surface area contributed by atoms with Crippen molar-refractivity contribution in [1.82, 2.24) is 0 Å². The van der Waals surface area contributed by atoms with E-state index in [4.69, 9.17) is 14.2 Å². The van der Waals surface area contributed by atoms with Crippen molar-refractivity contribution in [2.45, 2.75) is 51.3 Å². The highest BCUT2D eigenvalue weighted by atomic mass is 16.8. The van der Waals surface area contributed by atoms with E-state index in [1.54, 1.807) is 0 Å². The molecule has 4 aliphatic rings. The molecule has 0 aromatic heterocycles. The van der Waals surface area contributed by atoms with Crippen LogP contribution in [-0.2, 0) is 19.0 Å². The fourth-order valence-electron chi connectivity index (χ4n) is 3.78. The first-order valence-corrected chi connectivity index (χ1v) is 6.83. The average Bonchev–Trinajstić information content (AvgIpc) is 2.70. The van der Waals surface area contributed by atoms with Gasteiger partial charge in [0.05, 0.1) is 12.7 Å². The Morgan fingerprint density at radius 1 is 1.32 bits per heavy atom. The lowest BCUT2D eigenvalue weighted by molar-refractivity contribution is -0.331. The number of aliphatic hydroxyl groups is 1. The Bertz CT molecular complexity index is 494. The molecule has 2 saturated heterocycles. The topological polar surface area (TPSA) is 65.0 Å². The summed E-state index contributed by atoms with van der Waals surface area (Å²) >= 11 is 0. The fourth-order valence-corrected chi connectivity index (χ4v) is 3.78. The maximum Gasteiger partial charge on any atom is 0.259 e. The Hall–Kier alpha value is -0.910. The van der Waals surface area contributed by atoms with Gasteiger partial charge >= 0.3 is 0 Å². The van der Waals surface area contributed by atoms with Crippen molar-refractivity contribution in [3.05, 3.63) is 11.3 Å². The van der Waals surface area contributed by atoms with Gasteiger partial charge in [-0.1, -0.05) is 13.8 Å². The van der Waals surface area contributed by atoms with Crippen molar-refractivity contribution >= 4 is 5.78 Å². The molecule has 4 rings (SSSR count). The molecule has 0 saturated carbocycles. The Morgan fingerprint density at radius 2 is 2.11 bits per heavy atom. The molecule has 0 aromatic rings. The molecule has 3 heterocycles. The molecule has 0 spiro atoms. The monoisotopic (exact) mass is 266 g/mol. The third-order valence-electron chi connectivity index (χ3n) is 4.59. The van der Waals surface area contributed by atoms with Crippen LogP contribution in [0, 0.1) is 11.3 Å². The largest absolute Gasteiger partial charge is 0.461 e. The SMILES string of the molecule is CC1(C)CC(=O)C2=C(C1)O[C@@]1(O)C[C@H]2[C@@H]2CO[C@@H]1O2. The lowest BCUT2D eigenvalue weighted by Gasteiger charge is -2.48. The van der Waals surface area contributed by atoms with Crippen LogP contribution in [-0.4, -0.2) is 35.7 Å². The van der Waals surface area contributed by atoms with Gasteiger partial charge < -0.3 is 19.3 Å². The van der Waals surface area contributed by atoms with E-state index in [-0.39, 0.29) is 23.2 Å². The van der Waals surface area contributed by atoms with Crippen LogP contribution in [0.5, 0.6) is 0 Å². The minimum Gasteiger partial charge on any atom is -0.461 e. The summed E-state index contributed by atoms with van der Waals surface area (Å²) in [6.45, 7) is 4.52. The van der Waals surface area contributed by atoms with Crippen LogP contribution in [0.15, 0.2) is 11.3 Å². The quantitative estimate of drug-likeness (QED) is 0.711. The normalized spacial score (nSPS) is 46.9. The molecule has 0 aromatic carbocycles. The molecule has 3 aliphatic heterocycles. The number of carbonyl (C=O) groups excluding carboxylic acids is 1. The number of hydrogen-bond acceptors (Lipinski definition) is 5. The van der Waals surface area contributed by atoms with Gasteiger partial charge in [-0.05, 0) is 5.41 Å². The van der Waals surface area contributed by atoms with Crippen LogP contribution < -0.4 is 0 Å². The van der Waals surface area contributed by atoms with E-state index in [9.17, 15) is 9.90 Å². The van der Waals surface area contributed by atoms with E-state index < -0.39 is 12.1 Å². The summed E-state index contributed by atoms with van der Waals surface area (Å²) in [5.41, 5.74) is 0.622. The van der Waals surface area contributed by atoms with Crippen LogP contribution in [0.1, 0.15) is 33.1 Å². The van der Waals surface area contributed by atoms with Gasteiger partial charge in [-0.15, -0.1) is 0 Å². The first-order chi connectivity index (χ1) is 8.88. The second-order valence-electron chi connectivity index (χ2n) is 6.88. The van der Waals surface area contributed by atoms with Crippen molar-refractivity contribution in [3.63, 3.8) is 0 Å². The maximum absolute atomic E-state index is 12.4. The molecule has 0 amide bonds. The van der Waals surface area contributed by atoms with Gasteiger partial charge in [0.2, 0.25) is 6.29 Å². The van der Waals surface area contributed by atoms with Crippen LogP contribution >= 0.6 is 0 Å². The molecule has 0 unspecified atom stereocenters. The van der Waals surface area contributed by atoms with E-state index in [2.05, 4.69) is 0 Å². The first kappa shape index (κ1) is 11.9. The zero-order chi connectivity index (χ0) is 13.4. The first-order valence-electron chi connectivity index (χ1n) is 6.83. The van der Waals surface area contributed by atoms with E-state index in [0.717, 1.165) is 5.57 Å². The predicted molar refractivity (Wildman–Crippen MR) is 63.8 cm³/mol. The van der Waals surface area contributed by atoms with Gasteiger partial charge in [-0.3, -0.25) is 4.79 Å². The Balaban J connectivity index is 1.81. The van der Waals surface area contributed by atoms with Crippen LogP contribution in [0.4, 0.5) is 0 Å². The second kappa shape index (κ2) is 3.40. The van der Waals surface area contributed by atoms with Crippen LogP contribution in [0.25, 0.3) is 0 Å². The zero-order valence-electron chi connectivity index (χ0n) is 11.1. The van der Waals surface area contributed by atoms with Crippen molar-refractivity contribution < 1.29 is 24.1 Å². The minimum absolute atomic E-state index is 0.0869. The Labute approximate surface area is 111 Å². The van der Waals surface area contributed by atoms with E-state index in [0.29, 0.717) is 31.6 Å². The Morgan fingerprint density at radius 3 is 2.89 bits per heavy atom. The predicted octanol–water partition coefficient (Wildman–Crippen LogP) is 1.11. The van der Waals surface area contributed by atoms with E-state index in [1.165, 1.54) is 0 Å². The summed E-state index contributed by atoms with van der Waals surface area (Å²) in [6, 6.07) is 0. The van der Waals surface area contributed by atoms with Gasteiger partial charge in [0, 0.05) is 30.8 Å². The van der Waals surface area contributed by atoms with Crippen molar-refractivity contribution in [2.24, 2.45) is 11.3 Å². The van der Waals surface area contributed by atoms with Crippen molar-refractivity contribution in [3.8, 4) is 0 Å². The standard InChI is InChI=1S/C14H18O5/c1-13(2)4-8(15)11-7-3-14(16,19-9(11)5-13)12-17-6-10(7)18-12/h7,10,12,16H,3-6H2,1-2H3/t7-,10-,12+,14-/m0/s1. The Kier molecular flexibility index (Phi) is 2.12. The molecule has 0 radical (unpaired) electrons. The zero-order valence-corrected chi connectivity index (χ0v) is 11.1. The lowest BCUT2D eigenvalue weighted by Crippen LogP contribution is -2.56. The van der Waals surface area contributed by atoms with Gasteiger partial charge in [0.15, 0.2) is 5.78 Å². The lowest BCUT2D eigenvalue weighted by atomic mass is 9.70. The van der Waals surface area contributed by atoms with E-state index in [1.807, 2.05) is 13.8 Å². The van der Waals surface area contributed by atoms with Crippen LogP contribution in [0.3, 0.4) is 0 Å². The van der Waals surface area contributed by atoms with Gasteiger partial charge in [-0.2, -0.15) is 0 Å². The van der Waals surface area contributed by atoms with Crippen molar-refractivity contribution in [2.75, 3.05) is 6.61 Å². The molecule has 2 fully saturated rings. The summed E-state index contributed by atoms with van der Waals surface area (Å²) < 4.78 is 16.8. The molecule has 4 atom stereocenters. The van der Waals surface area contributed by atoms with Gasteiger partial charge in [0.25, 0.3) is 5.79 Å². The fraction of sp³-hybridized carbons (Fsp3) is 0.786. The number of ketones is 1. The summed E-state index contributed by atoms with van der Waals surface area (Å²) in [6.07, 6.45) is 0.771. The molecule has 5 heteroatoms. The molecular formula is C14H18O5. The third-order valence-corrected chi connectivity index (χ3v) is 4.59. The second-order valence-corrected chi connectivity index (χ2v) is 6.88. The summed E-state index contributed by atoms with van der Waals surface area (Å²) in [5, 5.41) is 10.6. The molecule has 1 aliphatic carbocycles. The number of hydrogen-bond donors (Lipinski definition) is 1. The van der Waals surface area contributed by atoms with Gasteiger partial charge in [0.1, 0.15) is 5.76 Å². The average molecular weight is 266 g/mol. The molecule has 1 N–H and O–H groups in total. The number of Topliss-reactive ketones (excluding diaryl/α,β-unsaturated/α-hetero) is 1. The smallest absolute Gasteiger partial charge is 0.259 e. The van der Waals surface area contributed by atoms with Gasteiger partial charge in [-0.25, -0.2) is 0 Å². The number of allylic oxidation sites excluding steroid dienone is 1. The molecule has 5 nitrogen and oxygen atoms in total. The highest BCUT2D eigenvalue weighted by molar-refractivity contribution is 5.98. The number of carbonyl (C=O) groups is 1. The molecule has 4 bridgehead atoms. The third kappa shape index (κ3) is 1.55. The number of fused-ring (bicyclic) bond motifs is 7. The van der Waals surface area contributed by atoms with E-state index >= 15 is 0 Å². The van der Waals surface area contributed by atoms with Crippen molar-refractivity contribution in [1.29, 1.82) is 0 Å². The highest BCUT2D eigenvalue weighted by Crippen LogP contribution is 2.52. The van der Waals surface area contributed by atoms with Crippen LogP contribution in [0.2, 0.25) is 0 Å². The number of ether oxygens (including phenoxy) is 3. The summed E-state index contributed by atoms with van der Waals surface area (Å²) in [5.74, 6) is -0.725. The number of rotatable bonds is 0. The summed E-state index contributed by atoms with van der Waals surface area (Å²) in [4.78, 5) is 12.4. The minimum atomic E-state index is -1.43. The molecular weight excluding hydrogens is 248 g/mol.